The van der Waals surface area contributed by atoms with Crippen molar-refractivity contribution in [3.05, 3.63) is 92.7 Å². The lowest BCUT2D eigenvalue weighted by molar-refractivity contribution is -0.385. The maximum absolute atomic E-state index is 12.9. The fraction of sp³-hybridized carbons (Fsp3) is 0.0400. The van der Waals surface area contributed by atoms with E-state index >= 15 is 0 Å². The number of nitrogens with zero attached hydrogens (tertiary/aromatic N) is 1. The number of ether oxygens (including phenoxy) is 1. The van der Waals surface area contributed by atoms with Crippen LogP contribution in [0.4, 0.5) is 28.4 Å². The van der Waals surface area contributed by atoms with Crippen molar-refractivity contribution in [1.82, 2.24) is 0 Å². The Morgan fingerprint density at radius 1 is 0.971 bits per heavy atom. The van der Waals surface area contributed by atoms with E-state index in [1.54, 1.807) is 60.0 Å². The summed E-state index contributed by atoms with van der Waals surface area (Å²) in [6, 6.07) is 16.8. The van der Waals surface area contributed by atoms with Crippen molar-refractivity contribution < 1.29 is 19.2 Å². The van der Waals surface area contributed by atoms with Crippen LogP contribution in [0.25, 0.3) is 11.1 Å². The van der Waals surface area contributed by atoms with Gasteiger partial charge in [0.2, 0.25) is 0 Å². The number of carbonyl (C=O) groups is 2. The van der Waals surface area contributed by atoms with Gasteiger partial charge in [0.15, 0.2) is 5.75 Å². The third kappa shape index (κ3) is 4.30. The summed E-state index contributed by atoms with van der Waals surface area (Å²) in [5, 5.41) is 23.8. The first-order valence-electron chi connectivity index (χ1n) is 10.5. The summed E-state index contributed by atoms with van der Waals surface area (Å²) in [7, 11) is 1.38. The van der Waals surface area contributed by atoms with E-state index in [0.717, 1.165) is 5.56 Å². The molecule has 9 nitrogen and oxygen atoms in total. The Morgan fingerprint density at radius 3 is 2.51 bits per heavy atom. The first kappa shape index (κ1) is 22.1. The number of carbonyl (C=O) groups excluding carboxylic acids is 2. The summed E-state index contributed by atoms with van der Waals surface area (Å²) >= 11 is 1.44. The molecule has 1 aromatic heterocycles. The van der Waals surface area contributed by atoms with E-state index in [9.17, 15) is 19.7 Å². The third-order valence-electron chi connectivity index (χ3n) is 5.55. The maximum atomic E-state index is 12.9. The first-order chi connectivity index (χ1) is 16.9. The summed E-state index contributed by atoms with van der Waals surface area (Å²) in [5.74, 6) is -0.388. The molecule has 0 bridgehead atoms. The number of nitro groups is 1. The highest BCUT2D eigenvalue weighted by Gasteiger charge is 2.21. The van der Waals surface area contributed by atoms with E-state index in [1.807, 2.05) is 5.38 Å². The van der Waals surface area contributed by atoms with Crippen molar-refractivity contribution in [2.24, 2.45) is 0 Å². The largest absolute Gasteiger partial charge is 0.490 e. The number of nitro benzene ring substituents is 1. The Kier molecular flexibility index (Phi) is 5.63. The molecule has 1 aliphatic heterocycles. The van der Waals surface area contributed by atoms with Crippen LogP contribution in [0.2, 0.25) is 0 Å². The molecule has 0 unspecified atom stereocenters. The topological polar surface area (TPSA) is 123 Å². The lowest BCUT2D eigenvalue weighted by Crippen LogP contribution is -2.12. The quantitative estimate of drug-likeness (QED) is 0.239. The summed E-state index contributed by atoms with van der Waals surface area (Å²) < 4.78 is 5.18. The Labute approximate surface area is 203 Å². The highest BCUT2D eigenvalue weighted by molar-refractivity contribution is 7.08. The standard InChI is InChI=1S/C25H18N4O5S/c1-34-23-11-15(3-7-22(23)29(32)33)14-2-5-18-20(10-14)27-19-6-4-17(12-21(19)28-25(18)31)26-24(30)16-8-9-35-13-16/h2-13,27H,1H3,(H,26,30)(H,28,31). The predicted octanol–water partition coefficient (Wildman–Crippen LogP) is 5.89. The number of fused-ring (bicyclic) bond motifs is 2. The number of methoxy groups -OCH3 is 1. The first-order valence-corrected chi connectivity index (χ1v) is 11.4. The van der Waals surface area contributed by atoms with Crippen molar-refractivity contribution in [2.75, 3.05) is 23.1 Å². The number of anilines is 4. The molecule has 10 heteroatoms. The zero-order chi connectivity index (χ0) is 24.5. The summed E-state index contributed by atoms with van der Waals surface area (Å²) in [4.78, 5) is 36.0. The maximum Gasteiger partial charge on any atom is 0.310 e. The Balaban J connectivity index is 1.45. The number of nitrogens with one attached hydrogen (secondary N) is 3. The van der Waals surface area contributed by atoms with E-state index in [2.05, 4.69) is 16.0 Å². The lowest BCUT2D eigenvalue weighted by Gasteiger charge is -2.12. The fourth-order valence-electron chi connectivity index (χ4n) is 3.80. The zero-order valence-electron chi connectivity index (χ0n) is 18.3. The zero-order valence-corrected chi connectivity index (χ0v) is 19.1. The van der Waals surface area contributed by atoms with Crippen molar-refractivity contribution in [2.45, 2.75) is 0 Å². The van der Waals surface area contributed by atoms with E-state index in [1.165, 1.54) is 24.5 Å². The monoisotopic (exact) mass is 486 g/mol. The molecule has 35 heavy (non-hydrogen) atoms. The van der Waals surface area contributed by atoms with Gasteiger partial charge < -0.3 is 20.7 Å². The van der Waals surface area contributed by atoms with Crippen LogP contribution < -0.4 is 20.7 Å². The highest BCUT2D eigenvalue weighted by Crippen LogP contribution is 2.38. The number of rotatable bonds is 5. The molecule has 174 valence electrons. The molecule has 1 aliphatic rings. The molecule has 0 saturated heterocycles. The second-order valence-electron chi connectivity index (χ2n) is 7.71. The lowest BCUT2D eigenvalue weighted by atomic mass is 10.0. The minimum Gasteiger partial charge on any atom is -0.490 e. The van der Waals surface area contributed by atoms with Gasteiger partial charge in [-0.3, -0.25) is 19.7 Å². The average molecular weight is 487 g/mol. The number of thiophene rings is 1. The van der Waals surface area contributed by atoms with Gasteiger partial charge in [-0.1, -0.05) is 6.07 Å². The van der Waals surface area contributed by atoms with Crippen LogP contribution in [0.15, 0.2) is 71.4 Å². The van der Waals surface area contributed by atoms with Gasteiger partial charge in [-0.15, -0.1) is 0 Å². The van der Waals surface area contributed by atoms with Crippen molar-refractivity contribution in [3.63, 3.8) is 0 Å². The Bertz CT molecular complexity index is 1480. The molecular formula is C25H18N4O5S. The minimum absolute atomic E-state index is 0.126. The smallest absolute Gasteiger partial charge is 0.310 e. The van der Waals surface area contributed by atoms with Crippen LogP contribution in [0.5, 0.6) is 5.75 Å². The van der Waals surface area contributed by atoms with Gasteiger partial charge in [-0.2, -0.15) is 11.3 Å². The van der Waals surface area contributed by atoms with Gasteiger partial charge >= 0.3 is 5.69 Å². The summed E-state index contributed by atoms with van der Waals surface area (Å²) in [5.41, 5.74) is 4.63. The van der Waals surface area contributed by atoms with Crippen LogP contribution in [0.3, 0.4) is 0 Å². The van der Waals surface area contributed by atoms with Crippen molar-refractivity contribution in [3.8, 4) is 16.9 Å². The molecule has 0 atom stereocenters. The second-order valence-corrected chi connectivity index (χ2v) is 8.49. The van der Waals surface area contributed by atoms with E-state index in [-0.39, 0.29) is 23.3 Å². The van der Waals surface area contributed by atoms with Gasteiger partial charge in [0.25, 0.3) is 11.8 Å². The molecule has 0 spiro atoms. The van der Waals surface area contributed by atoms with Gasteiger partial charge in [0, 0.05) is 17.1 Å². The Hall–Kier alpha value is -4.70. The minimum atomic E-state index is -0.500. The SMILES string of the molecule is COc1cc(-c2ccc3c(c2)Nc2ccc(NC(=O)c4ccsc4)cc2NC3=O)ccc1[N+](=O)[O-]. The number of amides is 2. The predicted molar refractivity (Wildman–Crippen MR) is 135 cm³/mol. The normalized spacial score (nSPS) is 11.9. The molecule has 0 aliphatic carbocycles. The fourth-order valence-corrected chi connectivity index (χ4v) is 4.44. The third-order valence-corrected chi connectivity index (χ3v) is 6.24. The van der Waals surface area contributed by atoms with Gasteiger partial charge in [-0.05, 0) is 65.0 Å². The Morgan fingerprint density at radius 2 is 1.77 bits per heavy atom. The molecule has 5 rings (SSSR count). The molecular weight excluding hydrogens is 468 g/mol. The van der Waals surface area contributed by atoms with Gasteiger partial charge in [0.05, 0.1) is 40.2 Å². The average Bonchev–Trinajstić information content (AvgIpc) is 3.36. The van der Waals surface area contributed by atoms with E-state index < -0.39 is 4.92 Å². The number of hydrogen-bond donors (Lipinski definition) is 3. The molecule has 3 N–H and O–H groups in total. The van der Waals surface area contributed by atoms with Gasteiger partial charge in [-0.25, -0.2) is 0 Å². The van der Waals surface area contributed by atoms with E-state index in [4.69, 9.17) is 4.74 Å². The van der Waals surface area contributed by atoms with Crippen molar-refractivity contribution in [1.29, 1.82) is 0 Å². The molecule has 2 heterocycles. The molecule has 0 saturated carbocycles. The van der Waals surface area contributed by atoms with Crippen LogP contribution in [0, 0.1) is 10.1 Å². The highest BCUT2D eigenvalue weighted by atomic mass is 32.1. The molecule has 0 fully saturated rings. The second kappa shape index (κ2) is 8.92. The molecule has 3 aromatic carbocycles. The molecule has 0 radical (unpaired) electrons. The molecule has 4 aromatic rings. The number of benzene rings is 3. The van der Waals surface area contributed by atoms with Crippen LogP contribution in [-0.4, -0.2) is 23.8 Å². The van der Waals surface area contributed by atoms with Gasteiger partial charge in [0.1, 0.15) is 0 Å². The summed E-state index contributed by atoms with van der Waals surface area (Å²) in [6.07, 6.45) is 0. The molecule has 2 amide bonds. The van der Waals surface area contributed by atoms with Crippen LogP contribution in [0.1, 0.15) is 20.7 Å². The number of hydrogen-bond acceptors (Lipinski definition) is 7. The van der Waals surface area contributed by atoms with E-state index in [0.29, 0.717) is 39.4 Å². The van der Waals surface area contributed by atoms with Crippen LogP contribution >= 0.6 is 11.3 Å². The summed E-state index contributed by atoms with van der Waals surface area (Å²) in [6.45, 7) is 0. The van der Waals surface area contributed by atoms with Crippen molar-refractivity contribution >= 4 is 51.6 Å². The van der Waals surface area contributed by atoms with Crippen LogP contribution in [-0.2, 0) is 0 Å².